The van der Waals surface area contributed by atoms with Crippen LogP contribution < -0.4 is 0 Å². The number of carbonyl (C=O) groups excluding carboxylic acids is 1. The van der Waals surface area contributed by atoms with Gasteiger partial charge in [0.1, 0.15) is 0 Å². The van der Waals surface area contributed by atoms with Gasteiger partial charge in [-0.2, -0.15) is 0 Å². The second-order valence-electron chi connectivity index (χ2n) is 5.69. The number of esters is 1. The number of methoxy groups -OCH3 is 1. The van der Waals surface area contributed by atoms with E-state index in [9.17, 15) is 4.79 Å². The lowest BCUT2D eigenvalue weighted by atomic mass is 9.93. The molecular weight excluding hydrogens is 224 g/mol. The monoisotopic (exact) mass is 246 g/mol. The van der Waals surface area contributed by atoms with Crippen LogP contribution in [0.5, 0.6) is 0 Å². The van der Waals surface area contributed by atoms with Crippen molar-refractivity contribution in [2.24, 2.45) is 11.8 Å². The Kier molecular flexibility index (Phi) is 3.74. The SMILES string of the molecule is COC(=O)[C@@H](C)c1ccc2c(c1)C[C@H](C(C)C)C2. The number of hydrogen-bond acceptors (Lipinski definition) is 2. The van der Waals surface area contributed by atoms with Crippen LogP contribution in [0.15, 0.2) is 18.2 Å². The first-order valence-electron chi connectivity index (χ1n) is 6.72. The average molecular weight is 246 g/mol. The Hall–Kier alpha value is -1.31. The van der Waals surface area contributed by atoms with Gasteiger partial charge in [0.25, 0.3) is 0 Å². The Morgan fingerprint density at radius 1 is 1.22 bits per heavy atom. The van der Waals surface area contributed by atoms with Gasteiger partial charge in [-0.05, 0) is 48.3 Å². The van der Waals surface area contributed by atoms with E-state index in [1.165, 1.54) is 24.7 Å². The number of fused-ring (bicyclic) bond motifs is 1. The van der Waals surface area contributed by atoms with Gasteiger partial charge < -0.3 is 4.74 Å². The Labute approximate surface area is 109 Å². The molecule has 0 unspecified atom stereocenters. The van der Waals surface area contributed by atoms with Gasteiger partial charge in [0.15, 0.2) is 0 Å². The van der Waals surface area contributed by atoms with Crippen LogP contribution in [0.2, 0.25) is 0 Å². The molecule has 0 heterocycles. The van der Waals surface area contributed by atoms with Gasteiger partial charge in [-0.15, -0.1) is 0 Å². The van der Waals surface area contributed by atoms with Crippen molar-refractivity contribution in [3.63, 3.8) is 0 Å². The van der Waals surface area contributed by atoms with Gasteiger partial charge in [0.2, 0.25) is 0 Å². The second-order valence-corrected chi connectivity index (χ2v) is 5.69. The fourth-order valence-electron chi connectivity index (χ4n) is 2.73. The molecular formula is C16H22O2. The molecule has 0 radical (unpaired) electrons. The van der Waals surface area contributed by atoms with Crippen LogP contribution in [0.3, 0.4) is 0 Å². The number of hydrogen-bond donors (Lipinski definition) is 0. The van der Waals surface area contributed by atoms with E-state index in [4.69, 9.17) is 4.74 Å². The summed E-state index contributed by atoms with van der Waals surface area (Å²) in [4.78, 5) is 11.6. The number of benzene rings is 1. The van der Waals surface area contributed by atoms with E-state index in [1.54, 1.807) is 0 Å². The predicted molar refractivity (Wildman–Crippen MR) is 72.6 cm³/mol. The number of carbonyl (C=O) groups is 1. The third-order valence-corrected chi connectivity index (χ3v) is 4.19. The summed E-state index contributed by atoms with van der Waals surface area (Å²) in [5.41, 5.74) is 3.95. The van der Waals surface area contributed by atoms with Crippen LogP contribution in [-0.4, -0.2) is 13.1 Å². The molecule has 1 aromatic rings. The summed E-state index contributed by atoms with van der Waals surface area (Å²) in [6.07, 6.45) is 2.33. The molecule has 0 saturated carbocycles. The van der Waals surface area contributed by atoms with Crippen molar-refractivity contribution in [1.82, 2.24) is 0 Å². The second kappa shape index (κ2) is 5.13. The maximum absolute atomic E-state index is 11.6. The topological polar surface area (TPSA) is 26.3 Å². The molecule has 0 bridgehead atoms. The van der Waals surface area contributed by atoms with Crippen molar-refractivity contribution < 1.29 is 9.53 Å². The molecule has 1 aliphatic rings. The van der Waals surface area contributed by atoms with Crippen LogP contribution >= 0.6 is 0 Å². The van der Waals surface area contributed by atoms with E-state index < -0.39 is 0 Å². The van der Waals surface area contributed by atoms with Crippen molar-refractivity contribution in [1.29, 1.82) is 0 Å². The third-order valence-electron chi connectivity index (χ3n) is 4.19. The zero-order chi connectivity index (χ0) is 13.3. The van der Waals surface area contributed by atoms with Crippen molar-refractivity contribution in [3.05, 3.63) is 34.9 Å². The average Bonchev–Trinajstić information content (AvgIpc) is 2.79. The van der Waals surface area contributed by atoms with E-state index in [2.05, 4.69) is 32.0 Å². The van der Waals surface area contributed by atoms with Crippen molar-refractivity contribution in [2.75, 3.05) is 7.11 Å². The molecule has 2 heteroatoms. The summed E-state index contributed by atoms with van der Waals surface area (Å²) in [7, 11) is 1.45. The molecule has 98 valence electrons. The Balaban J connectivity index is 2.20. The van der Waals surface area contributed by atoms with Crippen molar-refractivity contribution in [2.45, 2.75) is 39.5 Å². The molecule has 18 heavy (non-hydrogen) atoms. The molecule has 0 aliphatic heterocycles. The third kappa shape index (κ3) is 2.43. The largest absolute Gasteiger partial charge is 0.469 e. The standard InChI is InChI=1S/C16H22O2/c1-10(2)14-8-13-6-5-12(7-15(13)9-14)11(3)16(17)18-4/h5-7,10-11,14H,8-9H2,1-4H3/t11-,14+/m0/s1. The lowest BCUT2D eigenvalue weighted by Gasteiger charge is -2.12. The van der Waals surface area contributed by atoms with Crippen LogP contribution in [0.25, 0.3) is 0 Å². The lowest BCUT2D eigenvalue weighted by Crippen LogP contribution is -2.11. The highest BCUT2D eigenvalue weighted by atomic mass is 16.5. The molecule has 2 rings (SSSR count). The molecule has 1 aliphatic carbocycles. The predicted octanol–water partition coefficient (Wildman–Crippen LogP) is 3.33. The molecule has 0 N–H and O–H groups in total. The van der Waals surface area contributed by atoms with Gasteiger partial charge in [0.05, 0.1) is 13.0 Å². The minimum absolute atomic E-state index is 0.159. The minimum Gasteiger partial charge on any atom is -0.469 e. The summed E-state index contributed by atoms with van der Waals surface area (Å²) < 4.78 is 4.81. The molecule has 0 amide bonds. The summed E-state index contributed by atoms with van der Waals surface area (Å²) in [5, 5.41) is 0. The molecule has 2 nitrogen and oxygen atoms in total. The molecule has 0 fully saturated rings. The zero-order valence-electron chi connectivity index (χ0n) is 11.7. The highest BCUT2D eigenvalue weighted by molar-refractivity contribution is 5.77. The number of ether oxygens (including phenoxy) is 1. The smallest absolute Gasteiger partial charge is 0.312 e. The fraction of sp³-hybridized carbons (Fsp3) is 0.562. The van der Waals surface area contributed by atoms with Crippen LogP contribution in [-0.2, 0) is 22.4 Å². The summed E-state index contributed by atoms with van der Waals surface area (Å²) in [6, 6.07) is 6.45. The Morgan fingerprint density at radius 2 is 1.89 bits per heavy atom. The first-order chi connectivity index (χ1) is 8.52. The first-order valence-corrected chi connectivity index (χ1v) is 6.72. The van der Waals surface area contributed by atoms with Crippen molar-refractivity contribution in [3.8, 4) is 0 Å². The van der Waals surface area contributed by atoms with Gasteiger partial charge >= 0.3 is 5.97 Å². The van der Waals surface area contributed by atoms with Crippen molar-refractivity contribution >= 4 is 5.97 Å². The normalized spacial score (nSPS) is 19.7. The van der Waals surface area contributed by atoms with Crippen LogP contribution in [0.4, 0.5) is 0 Å². The van der Waals surface area contributed by atoms with Gasteiger partial charge in [-0.25, -0.2) is 0 Å². The number of rotatable bonds is 3. The van der Waals surface area contributed by atoms with E-state index in [-0.39, 0.29) is 11.9 Å². The molecule has 0 aromatic heterocycles. The molecule has 0 saturated heterocycles. The van der Waals surface area contributed by atoms with Gasteiger partial charge in [-0.1, -0.05) is 32.0 Å². The van der Waals surface area contributed by atoms with E-state index >= 15 is 0 Å². The molecule has 0 spiro atoms. The van der Waals surface area contributed by atoms with Crippen LogP contribution in [0, 0.1) is 11.8 Å². The van der Waals surface area contributed by atoms with Gasteiger partial charge in [0, 0.05) is 0 Å². The molecule has 2 atom stereocenters. The Morgan fingerprint density at radius 3 is 2.50 bits per heavy atom. The summed E-state index contributed by atoms with van der Waals surface area (Å²) >= 11 is 0. The van der Waals surface area contributed by atoms with E-state index in [1.807, 2.05) is 6.92 Å². The highest BCUT2D eigenvalue weighted by Crippen LogP contribution is 2.33. The summed E-state index contributed by atoms with van der Waals surface area (Å²) in [5.74, 6) is 1.15. The lowest BCUT2D eigenvalue weighted by molar-refractivity contribution is -0.141. The zero-order valence-corrected chi connectivity index (χ0v) is 11.7. The first kappa shape index (κ1) is 13.1. The maximum atomic E-state index is 11.6. The van der Waals surface area contributed by atoms with Crippen LogP contribution in [0.1, 0.15) is 43.4 Å². The maximum Gasteiger partial charge on any atom is 0.312 e. The van der Waals surface area contributed by atoms with E-state index in [0.29, 0.717) is 0 Å². The summed E-state index contributed by atoms with van der Waals surface area (Å²) in [6.45, 7) is 6.48. The minimum atomic E-state index is -0.168. The van der Waals surface area contributed by atoms with Gasteiger partial charge in [-0.3, -0.25) is 4.79 Å². The fourth-order valence-corrected chi connectivity index (χ4v) is 2.73. The quantitative estimate of drug-likeness (QED) is 0.765. The molecule has 1 aromatic carbocycles. The highest BCUT2D eigenvalue weighted by Gasteiger charge is 2.25. The van der Waals surface area contributed by atoms with E-state index in [0.717, 1.165) is 23.8 Å². The Bertz CT molecular complexity index is 448.